The zero-order chi connectivity index (χ0) is 27.2. The number of anilines is 1. The summed E-state index contributed by atoms with van der Waals surface area (Å²) in [6.45, 7) is 17.4. The number of rotatable bonds is 5. The summed E-state index contributed by atoms with van der Waals surface area (Å²) in [6, 6.07) is 13.1. The van der Waals surface area contributed by atoms with Gasteiger partial charge in [-0.15, -0.1) is 0 Å². The molecule has 0 saturated carbocycles. The quantitative estimate of drug-likeness (QED) is 0.388. The molecule has 0 fully saturated rings. The molecule has 196 valence electrons. The summed E-state index contributed by atoms with van der Waals surface area (Å²) in [5.41, 5.74) is 12.8. The summed E-state index contributed by atoms with van der Waals surface area (Å²) in [5.74, 6) is -0.950. The number of hydrogen-bond acceptors (Lipinski definition) is 3. The van der Waals surface area contributed by atoms with Gasteiger partial charge in [0.1, 0.15) is 0 Å². The molecule has 1 aliphatic rings. The molecule has 0 saturated heterocycles. The van der Waals surface area contributed by atoms with Gasteiger partial charge in [-0.1, -0.05) is 36.4 Å². The zero-order valence-corrected chi connectivity index (χ0v) is 23.9. The molecule has 3 aromatic rings. The van der Waals surface area contributed by atoms with Crippen molar-refractivity contribution in [1.29, 1.82) is 0 Å². The SMILES string of the molecule is Cc1ccc(-c2c(C)c(-c3ccc(C)c(C)c3)c3c(c2C(OC(C)(C)C)C(=O)O)CCCN3C)cc1C. The van der Waals surface area contributed by atoms with Gasteiger partial charge in [-0.2, -0.15) is 0 Å². The molecular weight excluding hydrogens is 458 g/mol. The highest BCUT2D eigenvalue weighted by Crippen LogP contribution is 2.49. The third kappa shape index (κ3) is 5.17. The molecular formula is C33H41NO3. The smallest absolute Gasteiger partial charge is 0.337 e. The van der Waals surface area contributed by atoms with E-state index in [1.165, 1.54) is 33.4 Å². The highest BCUT2D eigenvalue weighted by atomic mass is 16.5. The average molecular weight is 500 g/mol. The number of benzene rings is 3. The lowest BCUT2D eigenvalue weighted by Gasteiger charge is -2.37. The Labute approximate surface area is 222 Å². The number of nitrogens with zero attached hydrogens (tertiary/aromatic N) is 1. The van der Waals surface area contributed by atoms with Crippen molar-refractivity contribution >= 4 is 11.7 Å². The average Bonchev–Trinajstić information content (AvgIpc) is 2.80. The maximum Gasteiger partial charge on any atom is 0.337 e. The van der Waals surface area contributed by atoms with Crippen molar-refractivity contribution in [3.8, 4) is 22.3 Å². The molecule has 0 aromatic heterocycles. The summed E-state index contributed by atoms with van der Waals surface area (Å²) in [7, 11) is 2.13. The van der Waals surface area contributed by atoms with E-state index in [4.69, 9.17) is 4.74 Å². The summed E-state index contributed by atoms with van der Waals surface area (Å²) in [4.78, 5) is 15.2. The summed E-state index contributed by atoms with van der Waals surface area (Å²) >= 11 is 0. The lowest BCUT2D eigenvalue weighted by Crippen LogP contribution is -2.32. The maximum atomic E-state index is 12.9. The van der Waals surface area contributed by atoms with Gasteiger partial charge in [0.05, 0.1) is 5.60 Å². The molecule has 1 atom stereocenters. The third-order valence-corrected chi connectivity index (χ3v) is 7.72. The Hall–Kier alpha value is -3.11. The maximum absolute atomic E-state index is 12.9. The summed E-state index contributed by atoms with van der Waals surface area (Å²) in [5, 5.41) is 10.5. The minimum Gasteiger partial charge on any atom is -0.479 e. The molecule has 0 aliphatic carbocycles. The van der Waals surface area contributed by atoms with Crippen molar-refractivity contribution in [3.05, 3.63) is 75.3 Å². The van der Waals surface area contributed by atoms with Crippen molar-refractivity contribution in [3.63, 3.8) is 0 Å². The van der Waals surface area contributed by atoms with Crippen molar-refractivity contribution in [2.45, 2.75) is 79.9 Å². The van der Waals surface area contributed by atoms with Crippen molar-refractivity contribution < 1.29 is 14.6 Å². The molecule has 0 amide bonds. The molecule has 3 aromatic carbocycles. The molecule has 0 radical (unpaired) electrons. The highest BCUT2D eigenvalue weighted by Gasteiger charge is 2.36. The number of carboxylic acids is 1. The standard InChI is InChI=1S/C33H41NO3/c1-19-12-14-24(17-21(19)3)27-23(5)28(25-15-13-20(2)22(4)18-25)30-26(11-10-16-34(30)9)29(27)31(32(35)36)37-33(6,7)8/h12-15,17-18,31H,10-11,16H2,1-9H3,(H,35,36). The van der Waals surface area contributed by atoms with Crippen LogP contribution >= 0.6 is 0 Å². The van der Waals surface area contributed by atoms with Crippen LogP contribution in [0.3, 0.4) is 0 Å². The molecule has 1 unspecified atom stereocenters. The van der Waals surface area contributed by atoms with E-state index in [2.05, 4.69) is 83.0 Å². The van der Waals surface area contributed by atoms with E-state index in [9.17, 15) is 9.90 Å². The highest BCUT2D eigenvalue weighted by molar-refractivity contribution is 5.95. The minimum absolute atomic E-state index is 0.613. The van der Waals surface area contributed by atoms with Crippen molar-refractivity contribution in [2.75, 3.05) is 18.5 Å². The predicted molar refractivity (Wildman–Crippen MR) is 154 cm³/mol. The molecule has 1 aliphatic heterocycles. The van der Waals surface area contributed by atoms with Crippen LogP contribution in [0.25, 0.3) is 22.3 Å². The normalized spacial score (nSPS) is 14.5. The topological polar surface area (TPSA) is 49.8 Å². The number of aliphatic carboxylic acids is 1. The second kappa shape index (κ2) is 9.98. The fourth-order valence-electron chi connectivity index (χ4n) is 5.61. The van der Waals surface area contributed by atoms with Crippen LogP contribution in [0.4, 0.5) is 5.69 Å². The fourth-order valence-corrected chi connectivity index (χ4v) is 5.61. The Kier molecular flexibility index (Phi) is 7.27. The largest absolute Gasteiger partial charge is 0.479 e. The van der Waals surface area contributed by atoms with E-state index in [1.54, 1.807) is 0 Å². The van der Waals surface area contributed by atoms with Gasteiger partial charge in [0, 0.05) is 30.4 Å². The van der Waals surface area contributed by atoms with Gasteiger partial charge < -0.3 is 14.7 Å². The molecule has 4 nitrogen and oxygen atoms in total. The minimum atomic E-state index is -1.07. The van der Waals surface area contributed by atoms with E-state index in [-0.39, 0.29) is 0 Å². The molecule has 4 rings (SSSR count). The van der Waals surface area contributed by atoms with E-state index in [1.807, 2.05) is 20.8 Å². The third-order valence-electron chi connectivity index (χ3n) is 7.72. The second-order valence-electron chi connectivity index (χ2n) is 11.7. The molecule has 37 heavy (non-hydrogen) atoms. The second-order valence-corrected chi connectivity index (χ2v) is 11.7. The Morgan fingerprint density at radius 2 is 1.43 bits per heavy atom. The van der Waals surface area contributed by atoms with Gasteiger partial charge in [-0.05, 0) is 118 Å². The first kappa shape index (κ1) is 26.9. The van der Waals surface area contributed by atoms with Crippen LogP contribution in [-0.4, -0.2) is 30.3 Å². The van der Waals surface area contributed by atoms with Crippen LogP contribution in [0.2, 0.25) is 0 Å². The van der Waals surface area contributed by atoms with E-state index >= 15 is 0 Å². The van der Waals surface area contributed by atoms with Crippen LogP contribution in [0.5, 0.6) is 0 Å². The van der Waals surface area contributed by atoms with Gasteiger partial charge >= 0.3 is 5.97 Å². The molecule has 4 heteroatoms. The van der Waals surface area contributed by atoms with Crippen LogP contribution in [0, 0.1) is 34.6 Å². The van der Waals surface area contributed by atoms with Crippen LogP contribution in [0.15, 0.2) is 36.4 Å². The molecule has 1 heterocycles. The summed E-state index contributed by atoms with van der Waals surface area (Å²) in [6.07, 6.45) is 0.729. The van der Waals surface area contributed by atoms with Gasteiger partial charge in [0.25, 0.3) is 0 Å². The molecule has 0 spiro atoms. The fraction of sp³-hybridized carbons (Fsp3) is 0.424. The predicted octanol–water partition coefficient (Wildman–Crippen LogP) is 7.89. The Bertz CT molecular complexity index is 1360. The van der Waals surface area contributed by atoms with E-state index in [0.717, 1.165) is 52.9 Å². The zero-order valence-electron chi connectivity index (χ0n) is 23.9. The van der Waals surface area contributed by atoms with Crippen LogP contribution in [-0.2, 0) is 16.0 Å². The lowest BCUT2D eigenvalue weighted by molar-refractivity contribution is -0.160. The Balaban J connectivity index is 2.19. The van der Waals surface area contributed by atoms with Crippen molar-refractivity contribution in [1.82, 2.24) is 0 Å². The van der Waals surface area contributed by atoms with Gasteiger partial charge in [0.2, 0.25) is 0 Å². The first-order valence-corrected chi connectivity index (χ1v) is 13.3. The number of aryl methyl sites for hydroxylation is 4. The number of fused-ring (bicyclic) bond motifs is 1. The first-order chi connectivity index (χ1) is 17.3. The molecule has 0 bridgehead atoms. The van der Waals surface area contributed by atoms with Gasteiger partial charge in [0.15, 0.2) is 6.10 Å². The van der Waals surface area contributed by atoms with Gasteiger partial charge in [-0.25, -0.2) is 4.79 Å². The number of hydrogen-bond donors (Lipinski definition) is 1. The summed E-state index contributed by atoms with van der Waals surface area (Å²) < 4.78 is 6.32. The Morgan fingerprint density at radius 3 is 1.92 bits per heavy atom. The Morgan fingerprint density at radius 1 is 0.892 bits per heavy atom. The van der Waals surface area contributed by atoms with Crippen LogP contribution < -0.4 is 4.90 Å². The lowest BCUT2D eigenvalue weighted by atomic mass is 9.79. The van der Waals surface area contributed by atoms with Crippen molar-refractivity contribution in [2.24, 2.45) is 0 Å². The monoisotopic (exact) mass is 499 g/mol. The van der Waals surface area contributed by atoms with E-state index in [0.29, 0.717) is 0 Å². The van der Waals surface area contributed by atoms with Gasteiger partial charge in [-0.3, -0.25) is 0 Å². The first-order valence-electron chi connectivity index (χ1n) is 13.3. The van der Waals surface area contributed by atoms with E-state index < -0.39 is 17.7 Å². The van der Waals surface area contributed by atoms with Crippen LogP contribution in [0.1, 0.15) is 72.2 Å². The number of carbonyl (C=O) groups is 1. The number of carboxylic acid groups (broad SMARTS) is 1. The molecule has 1 N–H and O–H groups in total. The number of ether oxygens (including phenoxy) is 1.